The highest BCUT2D eigenvalue weighted by Crippen LogP contribution is 2.17. The lowest BCUT2D eigenvalue weighted by Gasteiger charge is -2.36. The van der Waals surface area contributed by atoms with Crippen LogP contribution in [0.15, 0.2) is 60.9 Å². The van der Waals surface area contributed by atoms with Crippen LogP contribution in [0.2, 0.25) is 5.02 Å². The number of aryl methyl sites for hydroxylation is 1. The molecule has 0 unspecified atom stereocenters. The van der Waals surface area contributed by atoms with Crippen LogP contribution in [0.25, 0.3) is 0 Å². The molecule has 5 nitrogen and oxygen atoms in total. The van der Waals surface area contributed by atoms with Gasteiger partial charge in [0.05, 0.1) is 18.4 Å². The Morgan fingerprint density at radius 1 is 1.03 bits per heavy atom. The minimum absolute atomic E-state index is 0.631. The fraction of sp³-hybridized carbons (Fsp3) is 0.304. The first-order valence-electron chi connectivity index (χ1n) is 10.2. The van der Waals surface area contributed by atoms with Crippen molar-refractivity contribution < 1.29 is 0 Å². The Balaban J connectivity index is 1.26. The van der Waals surface area contributed by atoms with Gasteiger partial charge in [0.25, 0.3) is 0 Å². The summed E-state index contributed by atoms with van der Waals surface area (Å²) >= 11 is 11.9. The van der Waals surface area contributed by atoms with Crippen molar-refractivity contribution in [1.82, 2.24) is 19.6 Å². The number of hydrogen-bond acceptors (Lipinski definition) is 3. The monoisotopic (exact) mass is 439 g/mol. The number of nitrogens with zero attached hydrogens (tertiary/aromatic N) is 4. The summed E-state index contributed by atoms with van der Waals surface area (Å²) in [5.74, 6) is 0. The van der Waals surface area contributed by atoms with Crippen LogP contribution >= 0.6 is 23.8 Å². The smallest absolute Gasteiger partial charge is 0.173 e. The molecule has 1 aliphatic heterocycles. The van der Waals surface area contributed by atoms with Gasteiger partial charge >= 0.3 is 0 Å². The molecule has 0 aliphatic carbocycles. The van der Waals surface area contributed by atoms with E-state index in [0.29, 0.717) is 6.54 Å². The van der Waals surface area contributed by atoms with E-state index in [-0.39, 0.29) is 0 Å². The van der Waals surface area contributed by atoms with E-state index in [1.54, 1.807) is 6.20 Å². The van der Waals surface area contributed by atoms with Crippen molar-refractivity contribution >= 4 is 34.6 Å². The summed E-state index contributed by atoms with van der Waals surface area (Å²) in [6.45, 7) is 7.59. The molecule has 1 saturated heterocycles. The van der Waals surface area contributed by atoms with Gasteiger partial charge in [-0.05, 0) is 36.3 Å². The van der Waals surface area contributed by atoms with Crippen LogP contribution in [0.1, 0.15) is 16.7 Å². The summed E-state index contributed by atoms with van der Waals surface area (Å²) in [5.41, 5.74) is 4.60. The molecule has 4 rings (SSSR count). The summed E-state index contributed by atoms with van der Waals surface area (Å²) in [6, 6.07) is 16.6. The molecule has 0 atom stereocenters. The van der Waals surface area contributed by atoms with Gasteiger partial charge in [-0.2, -0.15) is 5.10 Å². The Hall–Kier alpha value is -2.41. The molecular weight excluding hydrogens is 414 g/mol. The largest absolute Gasteiger partial charge is 0.346 e. The Labute approximate surface area is 188 Å². The van der Waals surface area contributed by atoms with Crippen molar-refractivity contribution in [1.29, 1.82) is 0 Å². The number of rotatable bonds is 5. The van der Waals surface area contributed by atoms with Crippen LogP contribution in [0.3, 0.4) is 0 Å². The predicted octanol–water partition coefficient (Wildman–Crippen LogP) is 4.41. The van der Waals surface area contributed by atoms with Crippen molar-refractivity contribution in [2.24, 2.45) is 0 Å². The van der Waals surface area contributed by atoms with E-state index in [9.17, 15) is 0 Å². The number of anilines is 1. The van der Waals surface area contributed by atoms with Crippen molar-refractivity contribution in [3.05, 3.63) is 82.6 Å². The fourth-order valence-corrected chi connectivity index (χ4v) is 4.07. The molecule has 2 heterocycles. The second-order valence-corrected chi connectivity index (χ2v) is 8.49. The van der Waals surface area contributed by atoms with E-state index in [1.165, 1.54) is 11.1 Å². The maximum absolute atomic E-state index is 6.25. The molecule has 30 heavy (non-hydrogen) atoms. The summed E-state index contributed by atoms with van der Waals surface area (Å²) in [6.07, 6.45) is 3.76. The highest BCUT2D eigenvalue weighted by Gasteiger charge is 2.19. The van der Waals surface area contributed by atoms with Gasteiger partial charge in [-0.15, -0.1) is 0 Å². The number of benzene rings is 2. The van der Waals surface area contributed by atoms with Gasteiger partial charge < -0.3 is 10.2 Å². The van der Waals surface area contributed by atoms with Crippen LogP contribution < -0.4 is 5.32 Å². The lowest BCUT2D eigenvalue weighted by Crippen LogP contribution is -2.49. The van der Waals surface area contributed by atoms with E-state index < -0.39 is 0 Å². The Morgan fingerprint density at radius 2 is 1.77 bits per heavy atom. The summed E-state index contributed by atoms with van der Waals surface area (Å²) < 4.78 is 1.87. The van der Waals surface area contributed by atoms with Crippen molar-refractivity contribution in [2.75, 3.05) is 31.5 Å². The lowest BCUT2D eigenvalue weighted by molar-refractivity contribution is 0.177. The molecule has 0 saturated carbocycles. The van der Waals surface area contributed by atoms with Crippen molar-refractivity contribution in [2.45, 2.75) is 20.0 Å². The van der Waals surface area contributed by atoms with E-state index in [2.05, 4.69) is 51.4 Å². The average molecular weight is 440 g/mol. The molecule has 1 N–H and O–H groups in total. The van der Waals surface area contributed by atoms with Crippen LogP contribution in [0.4, 0.5) is 5.69 Å². The van der Waals surface area contributed by atoms with Gasteiger partial charge in [0, 0.05) is 43.9 Å². The average Bonchev–Trinajstić information content (AvgIpc) is 3.19. The molecule has 2 aromatic carbocycles. The zero-order valence-corrected chi connectivity index (χ0v) is 18.7. The number of halogens is 1. The Morgan fingerprint density at radius 3 is 2.50 bits per heavy atom. The number of hydrogen-bond donors (Lipinski definition) is 1. The van der Waals surface area contributed by atoms with Crippen molar-refractivity contribution in [3.8, 4) is 0 Å². The molecule has 1 fully saturated rings. The minimum atomic E-state index is 0.631. The topological polar surface area (TPSA) is 36.3 Å². The summed E-state index contributed by atoms with van der Waals surface area (Å²) in [7, 11) is 0. The Bertz CT molecular complexity index is 993. The Kier molecular flexibility index (Phi) is 6.67. The molecule has 7 heteroatoms. The van der Waals surface area contributed by atoms with E-state index in [1.807, 2.05) is 35.1 Å². The van der Waals surface area contributed by atoms with Gasteiger partial charge in [-0.3, -0.25) is 9.58 Å². The molecule has 0 amide bonds. The number of thiocarbonyl (C=S) groups is 1. The van der Waals surface area contributed by atoms with Gasteiger partial charge in [0.1, 0.15) is 0 Å². The van der Waals surface area contributed by atoms with E-state index in [4.69, 9.17) is 23.8 Å². The molecule has 156 valence electrons. The maximum Gasteiger partial charge on any atom is 0.173 e. The van der Waals surface area contributed by atoms with Crippen LogP contribution in [0, 0.1) is 6.92 Å². The standard InChI is InChI=1S/C23H26ClN5S/c1-18-6-8-19(9-7-18)15-27-10-12-28(13-11-27)23(30)26-21-14-25-29(17-21)16-20-4-2-3-5-22(20)24/h2-9,14,17H,10-13,15-16H2,1H3,(H,26,30). The minimum Gasteiger partial charge on any atom is -0.346 e. The van der Waals surface area contributed by atoms with E-state index in [0.717, 1.165) is 54.1 Å². The zero-order chi connectivity index (χ0) is 20.9. The van der Waals surface area contributed by atoms with Gasteiger partial charge in [-0.25, -0.2) is 0 Å². The lowest BCUT2D eigenvalue weighted by atomic mass is 10.1. The summed E-state index contributed by atoms with van der Waals surface area (Å²) in [4.78, 5) is 4.71. The van der Waals surface area contributed by atoms with E-state index >= 15 is 0 Å². The molecule has 0 bridgehead atoms. The van der Waals surface area contributed by atoms with Crippen molar-refractivity contribution in [3.63, 3.8) is 0 Å². The third-order valence-electron chi connectivity index (χ3n) is 5.36. The highest BCUT2D eigenvalue weighted by atomic mass is 35.5. The third kappa shape index (κ3) is 5.39. The highest BCUT2D eigenvalue weighted by molar-refractivity contribution is 7.80. The second kappa shape index (κ2) is 9.60. The fourth-order valence-electron chi connectivity index (χ4n) is 3.58. The number of piperazine rings is 1. The zero-order valence-electron chi connectivity index (χ0n) is 17.1. The van der Waals surface area contributed by atoms with Crippen LogP contribution in [-0.2, 0) is 13.1 Å². The first-order chi connectivity index (χ1) is 14.6. The number of nitrogens with one attached hydrogen (secondary N) is 1. The molecule has 1 aromatic heterocycles. The maximum atomic E-state index is 6.25. The first kappa shape index (κ1) is 20.8. The van der Waals surface area contributed by atoms with Crippen LogP contribution in [-0.4, -0.2) is 50.9 Å². The first-order valence-corrected chi connectivity index (χ1v) is 10.9. The molecule has 0 spiro atoms. The SMILES string of the molecule is Cc1ccc(CN2CCN(C(=S)Nc3cnn(Cc4ccccc4Cl)c3)CC2)cc1. The summed E-state index contributed by atoms with van der Waals surface area (Å²) in [5, 5.41) is 9.25. The normalized spacial score (nSPS) is 14.7. The van der Waals surface area contributed by atoms with Gasteiger partial charge in [0.2, 0.25) is 0 Å². The third-order valence-corrected chi connectivity index (χ3v) is 6.09. The molecule has 3 aromatic rings. The molecule has 0 radical (unpaired) electrons. The molecular formula is C23H26ClN5S. The molecule has 1 aliphatic rings. The van der Waals surface area contributed by atoms with Gasteiger partial charge in [-0.1, -0.05) is 59.6 Å². The van der Waals surface area contributed by atoms with Gasteiger partial charge in [0.15, 0.2) is 5.11 Å². The predicted molar refractivity (Wildman–Crippen MR) is 127 cm³/mol. The second-order valence-electron chi connectivity index (χ2n) is 7.70. The quantitative estimate of drug-likeness (QED) is 0.596. The number of aromatic nitrogens is 2. The van der Waals surface area contributed by atoms with Crippen LogP contribution in [0.5, 0.6) is 0 Å².